The Morgan fingerprint density at radius 3 is 2.75 bits per heavy atom. The Kier molecular flexibility index (Phi) is 4.50. The van der Waals surface area contributed by atoms with Crippen LogP contribution < -0.4 is 5.73 Å². The lowest BCUT2D eigenvalue weighted by molar-refractivity contribution is 0.0465. The van der Waals surface area contributed by atoms with Crippen molar-refractivity contribution in [3.05, 3.63) is 17.0 Å². The molecule has 8 heteroatoms. The summed E-state index contributed by atoms with van der Waals surface area (Å²) in [4.78, 5) is 0.802. The number of aliphatic hydroxyl groups is 1. The molecule has 2 rings (SSSR count). The van der Waals surface area contributed by atoms with Gasteiger partial charge in [0.25, 0.3) is 10.0 Å². The largest absolute Gasteiger partial charge is 0.390 e. The van der Waals surface area contributed by atoms with Crippen LogP contribution >= 0.6 is 23.6 Å². The highest BCUT2D eigenvalue weighted by Gasteiger charge is 2.32. The van der Waals surface area contributed by atoms with Gasteiger partial charge in [-0.15, -0.1) is 11.3 Å². The van der Waals surface area contributed by atoms with Gasteiger partial charge in [-0.05, 0) is 38.3 Å². The van der Waals surface area contributed by atoms with Gasteiger partial charge in [0.15, 0.2) is 0 Å². The summed E-state index contributed by atoms with van der Waals surface area (Å²) in [6, 6.07) is 3.17. The molecule has 0 aliphatic carbocycles. The highest BCUT2D eigenvalue weighted by Crippen LogP contribution is 2.29. The second-order valence-corrected chi connectivity index (χ2v) is 8.93. The van der Waals surface area contributed by atoms with Gasteiger partial charge in [0.2, 0.25) is 0 Å². The number of sulfonamides is 1. The van der Waals surface area contributed by atoms with Crippen molar-refractivity contribution in [3.63, 3.8) is 0 Å². The van der Waals surface area contributed by atoms with E-state index in [1.54, 1.807) is 13.0 Å². The Labute approximate surface area is 128 Å². The lowest BCUT2D eigenvalue weighted by Gasteiger charge is -2.21. The van der Waals surface area contributed by atoms with E-state index in [1.165, 1.54) is 10.4 Å². The van der Waals surface area contributed by atoms with Crippen LogP contribution in [0.2, 0.25) is 0 Å². The molecule has 1 unspecified atom stereocenters. The van der Waals surface area contributed by atoms with Crippen molar-refractivity contribution in [2.24, 2.45) is 5.73 Å². The Balaban J connectivity index is 2.23. The molecule has 0 spiro atoms. The average Bonchev–Trinajstić information content (AvgIpc) is 2.76. The van der Waals surface area contributed by atoms with Gasteiger partial charge in [-0.1, -0.05) is 12.2 Å². The minimum atomic E-state index is -3.52. The SMILES string of the molecule is CC1(O)CCCN(S(=O)(=O)c2ccc(C(N)=S)s2)CC1. The third kappa shape index (κ3) is 3.37. The molecule has 1 aromatic heterocycles. The van der Waals surface area contributed by atoms with Crippen LogP contribution in [0.1, 0.15) is 31.1 Å². The summed E-state index contributed by atoms with van der Waals surface area (Å²) in [6.45, 7) is 2.51. The van der Waals surface area contributed by atoms with E-state index in [2.05, 4.69) is 0 Å². The van der Waals surface area contributed by atoms with Gasteiger partial charge in [-0.2, -0.15) is 4.31 Å². The molecule has 1 aliphatic rings. The third-order valence-corrected chi connectivity index (χ3v) is 7.27. The number of nitrogens with zero attached hydrogens (tertiary/aromatic N) is 1. The molecule has 5 nitrogen and oxygen atoms in total. The van der Waals surface area contributed by atoms with E-state index >= 15 is 0 Å². The highest BCUT2D eigenvalue weighted by molar-refractivity contribution is 7.91. The van der Waals surface area contributed by atoms with E-state index < -0.39 is 15.6 Å². The van der Waals surface area contributed by atoms with Gasteiger partial charge in [0, 0.05) is 13.1 Å². The maximum Gasteiger partial charge on any atom is 0.252 e. The molecule has 0 bridgehead atoms. The van der Waals surface area contributed by atoms with Gasteiger partial charge in [0.05, 0.1) is 10.5 Å². The molecule has 3 N–H and O–H groups in total. The van der Waals surface area contributed by atoms with Crippen molar-refractivity contribution in [1.82, 2.24) is 4.31 Å². The zero-order valence-electron chi connectivity index (χ0n) is 11.2. The molecule has 1 fully saturated rings. The van der Waals surface area contributed by atoms with Crippen molar-refractivity contribution in [2.75, 3.05) is 13.1 Å². The molecular formula is C12H18N2O3S3. The van der Waals surface area contributed by atoms with E-state index in [0.717, 1.165) is 11.3 Å². The molecule has 1 atom stereocenters. The molecule has 1 aromatic rings. The van der Waals surface area contributed by atoms with Gasteiger partial charge < -0.3 is 10.8 Å². The smallest absolute Gasteiger partial charge is 0.252 e. The summed E-state index contributed by atoms with van der Waals surface area (Å²) in [6.07, 6.45) is 1.71. The zero-order valence-corrected chi connectivity index (χ0v) is 13.7. The van der Waals surface area contributed by atoms with Crippen LogP contribution in [-0.2, 0) is 10.0 Å². The number of thiophene rings is 1. The lowest BCUT2D eigenvalue weighted by atomic mass is 9.98. The Bertz CT molecular complexity index is 607. The summed E-state index contributed by atoms with van der Waals surface area (Å²) < 4.78 is 26.8. The molecule has 2 heterocycles. The van der Waals surface area contributed by atoms with E-state index in [0.29, 0.717) is 37.2 Å². The first-order valence-corrected chi connectivity index (χ1v) is 9.01. The van der Waals surface area contributed by atoms with Crippen LogP contribution in [0.15, 0.2) is 16.3 Å². The molecule has 0 saturated carbocycles. The molecule has 0 aromatic carbocycles. The first kappa shape index (κ1) is 15.8. The number of nitrogens with two attached hydrogens (primary N) is 1. The average molecular weight is 334 g/mol. The number of rotatable bonds is 3. The molecule has 20 heavy (non-hydrogen) atoms. The number of hydrogen-bond acceptors (Lipinski definition) is 5. The van der Waals surface area contributed by atoms with E-state index in [4.69, 9.17) is 18.0 Å². The van der Waals surface area contributed by atoms with Crippen LogP contribution in [0.4, 0.5) is 0 Å². The second kappa shape index (κ2) is 5.69. The molecule has 1 saturated heterocycles. The molecule has 0 amide bonds. The number of hydrogen-bond donors (Lipinski definition) is 2. The quantitative estimate of drug-likeness (QED) is 0.814. The predicted molar refractivity (Wildman–Crippen MR) is 83.4 cm³/mol. The number of thiocarbonyl (C=S) groups is 1. The highest BCUT2D eigenvalue weighted by atomic mass is 32.2. The minimum absolute atomic E-state index is 0.204. The van der Waals surface area contributed by atoms with Crippen molar-refractivity contribution in [3.8, 4) is 0 Å². The summed E-state index contributed by atoms with van der Waals surface area (Å²) >= 11 is 5.94. The molecular weight excluding hydrogens is 316 g/mol. The van der Waals surface area contributed by atoms with Crippen molar-refractivity contribution >= 4 is 38.6 Å². The van der Waals surface area contributed by atoms with Crippen LogP contribution in [0.3, 0.4) is 0 Å². The minimum Gasteiger partial charge on any atom is -0.390 e. The first-order chi connectivity index (χ1) is 9.22. The normalized spacial score (nSPS) is 25.3. The molecule has 1 aliphatic heterocycles. The standard InChI is InChI=1S/C12H18N2O3S3/c1-12(15)5-2-7-14(8-6-12)20(16,17)10-4-3-9(19-10)11(13)18/h3-4,15H,2,5-8H2,1H3,(H2,13,18). The fourth-order valence-corrected chi connectivity index (χ4v) is 5.18. The molecule has 112 valence electrons. The van der Waals surface area contributed by atoms with Gasteiger partial charge in [-0.3, -0.25) is 0 Å². The van der Waals surface area contributed by atoms with E-state index in [1.807, 2.05) is 0 Å². The van der Waals surface area contributed by atoms with Crippen LogP contribution in [0, 0.1) is 0 Å². The summed E-state index contributed by atoms with van der Waals surface area (Å²) in [5, 5.41) is 10.0. The lowest BCUT2D eigenvalue weighted by Crippen LogP contribution is -2.33. The Morgan fingerprint density at radius 1 is 1.45 bits per heavy atom. The maximum absolute atomic E-state index is 12.6. The summed E-state index contributed by atoms with van der Waals surface area (Å²) in [5.74, 6) is 0. The van der Waals surface area contributed by atoms with E-state index in [-0.39, 0.29) is 9.20 Å². The van der Waals surface area contributed by atoms with Crippen LogP contribution in [0.25, 0.3) is 0 Å². The van der Waals surface area contributed by atoms with Gasteiger partial charge >= 0.3 is 0 Å². The Morgan fingerprint density at radius 2 is 2.15 bits per heavy atom. The molecule has 0 radical (unpaired) electrons. The first-order valence-electron chi connectivity index (χ1n) is 6.34. The Hall–Kier alpha value is -0.540. The van der Waals surface area contributed by atoms with Gasteiger partial charge in [0.1, 0.15) is 9.20 Å². The topological polar surface area (TPSA) is 83.6 Å². The van der Waals surface area contributed by atoms with Crippen molar-refractivity contribution < 1.29 is 13.5 Å². The zero-order chi connectivity index (χ0) is 15.0. The maximum atomic E-state index is 12.6. The van der Waals surface area contributed by atoms with Crippen molar-refractivity contribution in [1.29, 1.82) is 0 Å². The summed E-state index contributed by atoms with van der Waals surface area (Å²) in [5.41, 5.74) is 4.72. The monoisotopic (exact) mass is 334 g/mol. The van der Waals surface area contributed by atoms with Crippen LogP contribution in [-0.4, -0.2) is 41.5 Å². The van der Waals surface area contributed by atoms with Gasteiger partial charge in [-0.25, -0.2) is 8.42 Å². The fraction of sp³-hybridized carbons (Fsp3) is 0.583. The second-order valence-electron chi connectivity index (χ2n) is 5.24. The van der Waals surface area contributed by atoms with E-state index in [9.17, 15) is 13.5 Å². The summed E-state index contributed by atoms with van der Waals surface area (Å²) in [7, 11) is -3.52. The third-order valence-electron chi connectivity index (χ3n) is 3.44. The van der Waals surface area contributed by atoms with Crippen LogP contribution in [0.5, 0.6) is 0 Å². The van der Waals surface area contributed by atoms with Crippen molar-refractivity contribution in [2.45, 2.75) is 36.0 Å². The fourth-order valence-electron chi connectivity index (χ4n) is 2.20. The predicted octanol–water partition coefficient (Wildman–Crippen LogP) is 1.31.